The third kappa shape index (κ3) is 5.17. The zero-order valence-electron chi connectivity index (χ0n) is 12.2. The Labute approximate surface area is 141 Å². The number of ether oxygens (including phenoxy) is 1. The number of guanidine groups is 1. The Bertz CT molecular complexity index is 445. The number of nitrogens with zero attached hydrogens (tertiary/aromatic N) is 2. The second kappa shape index (κ2) is 8.14. The largest absolute Gasteiger partial charge is 0.380 e. The lowest BCUT2D eigenvalue weighted by molar-refractivity contribution is -0.0971. The second-order valence-corrected chi connectivity index (χ2v) is 6.54. The average Bonchev–Trinajstić information content (AvgIpc) is 2.76. The third-order valence-electron chi connectivity index (χ3n) is 2.97. The first-order chi connectivity index (χ1) is 9.11. The summed E-state index contributed by atoms with van der Waals surface area (Å²) < 4.78 is 5.25. The molecule has 0 aliphatic carbocycles. The van der Waals surface area contributed by atoms with Crippen LogP contribution in [0.4, 0.5) is 0 Å². The molecule has 20 heavy (non-hydrogen) atoms. The van der Waals surface area contributed by atoms with Gasteiger partial charge in [-0.3, -0.25) is 0 Å². The van der Waals surface area contributed by atoms with E-state index in [4.69, 9.17) is 4.74 Å². The van der Waals surface area contributed by atoms with Crippen molar-refractivity contribution in [1.29, 1.82) is 0 Å². The van der Waals surface area contributed by atoms with E-state index in [0.717, 1.165) is 37.3 Å². The van der Waals surface area contributed by atoms with Gasteiger partial charge in [-0.15, -0.1) is 35.3 Å². The van der Waals surface area contributed by atoms with Gasteiger partial charge in [-0.25, -0.2) is 9.98 Å². The van der Waals surface area contributed by atoms with Crippen LogP contribution in [0.2, 0.25) is 0 Å². The number of aromatic nitrogens is 1. The number of hydrogen-bond acceptors (Lipinski definition) is 4. The number of halogens is 1. The Hall–Kier alpha value is -0.410. The lowest BCUT2D eigenvalue weighted by Gasteiger charge is -2.38. The summed E-state index contributed by atoms with van der Waals surface area (Å²) in [6.45, 7) is 10.4. The van der Waals surface area contributed by atoms with Crippen LogP contribution in [0.1, 0.15) is 23.7 Å². The molecule has 2 rings (SSSR count). The Kier molecular flexibility index (Phi) is 7.18. The first kappa shape index (κ1) is 17.6. The van der Waals surface area contributed by atoms with Crippen LogP contribution in [0, 0.1) is 12.3 Å². The molecule has 1 saturated heterocycles. The first-order valence-electron chi connectivity index (χ1n) is 6.62. The fraction of sp³-hybridized carbons (Fsp3) is 0.692. The molecule has 0 radical (unpaired) electrons. The van der Waals surface area contributed by atoms with Crippen LogP contribution < -0.4 is 10.6 Å². The summed E-state index contributed by atoms with van der Waals surface area (Å²) in [5.41, 5.74) is 0.244. The van der Waals surface area contributed by atoms with Crippen molar-refractivity contribution in [3.8, 4) is 0 Å². The predicted octanol–water partition coefficient (Wildman–Crippen LogP) is 2.16. The summed E-state index contributed by atoms with van der Waals surface area (Å²) in [7, 11) is 0. The summed E-state index contributed by atoms with van der Waals surface area (Å²) in [5, 5.41) is 7.68. The van der Waals surface area contributed by atoms with E-state index in [2.05, 4.69) is 41.4 Å². The van der Waals surface area contributed by atoms with Gasteiger partial charge in [0.1, 0.15) is 5.01 Å². The Morgan fingerprint density at radius 3 is 2.75 bits per heavy atom. The van der Waals surface area contributed by atoms with Gasteiger partial charge >= 0.3 is 0 Å². The Morgan fingerprint density at radius 2 is 2.25 bits per heavy atom. The van der Waals surface area contributed by atoms with E-state index >= 15 is 0 Å². The quantitative estimate of drug-likeness (QED) is 0.444. The number of rotatable bonds is 5. The molecule has 0 aromatic carbocycles. The molecule has 0 saturated carbocycles. The molecule has 1 aromatic rings. The number of aliphatic imine (C=N–C) groups is 1. The minimum Gasteiger partial charge on any atom is -0.380 e. The highest BCUT2D eigenvalue weighted by Crippen LogP contribution is 2.24. The van der Waals surface area contributed by atoms with Gasteiger partial charge in [0.2, 0.25) is 0 Å². The van der Waals surface area contributed by atoms with Gasteiger partial charge < -0.3 is 15.4 Å². The molecule has 2 heterocycles. The molecule has 0 unspecified atom stereocenters. The summed E-state index contributed by atoms with van der Waals surface area (Å²) >= 11 is 1.69. The van der Waals surface area contributed by atoms with Gasteiger partial charge in [0.05, 0.1) is 19.8 Å². The predicted molar refractivity (Wildman–Crippen MR) is 94.0 cm³/mol. The van der Waals surface area contributed by atoms with Crippen LogP contribution in [-0.4, -0.2) is 37.2 Å². The van der Waals surface area contributed by atoms with E-state index in [1.807, 2.05) is 6.20 Å². The first-order valence-corrected chi connectivity index (χ1v) is 7.44. The standard InChI is InChI=1S/C13H22N4OS.HI/c1-4-14-12(17-7-13(3)8-18-9-13)16-6-11-15-5-10(2)19-11;/h5H,4,6-9H2,1-3H3,(H2,14,16,17);1H. The van der Waals surface area contributed by atoms with Crippen LogP contribution in [-0.2, 0) is 11.3 Å². The van der Waals surface area contributed by atoms with Crippen molar-refractivity contribution in [2.45, 2.75) is 27.3 Å². The normalized spacial score (nSPS) is 17.1. The number of aryl methyl sites for hydroxylation is 1. The molecule has 1 aliphatic heterocycles. The monoisotopic (exact) mass is 410 g/mol. The SMILES string of the molecule is CCNC(=NCc1ncc(C)s1)NCC1(C)COC1.I. The average molecular weight is 410 g/mol. The van der Waals surface area contributed by atoms with Crippen LogP contribution in [0.5, 0.6) is 0 Å². The summed E-state index contributed by atoms with van der Waals surface area (Å²) in [6, 6.07) is 0. The molecular formula is C13H23IN4OS. The van der Waals surface area contributed by atoms with E-state index < -0.39 is 0 Å². The highest BCUT2D eigenvalue weighted by molar-refractivity contribution is 14.0. The van der Waals surface area contributed by atoms with E-state index in [9.17, 15) is 0 Å². The topological polar surface area (TPSA) is 58.5 Å². The lowest BCUT2D eigenvalue weighted by atomic mass is 9.89. The van der Waals surface area contributed by atoms with E-state index in [1.165, 1.54) is 4.88 Å². The van der Waals surface area contributed by atoms with Gasteiger partial charge in [-0.1, -0.05) is 6.92 Å². The number of hydrogen-bond donors (Lipinski definition) is 2. The van der Waals surface area contributed by atoms with Crippen molar-refractivity contribution in [3.63, 3.8) is 0 Å². The van der Waals surface area contributed by atoms with Crippen molar-refractivity contribution in [2.24, 2.45) is 10.4 Å². The molecule has 114 valence electrons. The van der Waals surface area contributed by atoms with Gasteiger partial charge in [0.25, 0.3) is 0 Å². The van der Waals surface area contributed by atoms with Gasteiger partial charge in [-0.2, -0.15) is 0 Å². The van der Waals surface area contributed by atoms with Crippen molar-refractivity contribution in [3.05, 3.63) is 16.1 Å². The smallest absolute Gasteiger partial charge is 0.191 e. The van der Waals surface area contributed by atoms with Crippen LogP contribution in [0.3, 0.4) is 0 Å². The van der Waals surface area contributed by atoms with Crippen molar-refractivity contribution in [1.82, 2.24) is 15.6 Å². The summed E-state index contributed by atoms with van der Waals surface area (Å²) in [5.74, 6) is 0.850. The van der Waals surface area contributed by atoms with E-state index in [0.29, 0.717) is 6.54 Å². The molecule has 7 heteroatoms. The third-order valence-corrected chi connectivity index (χ3v) is 3.87. The van der Waals surface area contributed by atoms with Crippen molar-refractivity contribution >= 4 is 41.3 Å². The number of nitrogens with one attached hydrogen (secondary N) is 2. The van der Waals surface area contributed by atoms with Crippen LogP contribution >= 0.6 is 35.3 Å². The maximum absolute atomic E-state index is 5.25. The van der Waals surface area contributed by atoms with Gasteiger partial charge in [0.15, 0.2) is 5.96 Å². The van der Waals surface area contributed by atoms with Crippen LogP contribution in [0.15, 0.2) is 11.2 Å². The highest BCUT2D eigenvalue weighted by atomic mass is 127. The van der Waals surface area contributed by atoms with Crippen LogP contribution in [0.25, 0.3) is 0 Å². The molecule has 0 spiro atoms. The Morgan fingerprint density at radius 1 is 1.50 bits per heavy atom. The summed E-state index contributed by atoms with van der Waals surface area (Å²) in [4.78, 5) is 10.1. The summed E-state index contributed by atoms with van der Waals surface area (Å²) in [6.07, 6.45) is 1.89. The van der Waals surface area contributed by atoms with E-state index in [-0.39, 0.29) is 29.4 Å². The van der Waals surface area contributed by atoms with Crippen molar-refractivity contribution < 1.29 is 4.74 Å². The zero-order chi connectivity index (χ0) is 13.7. The molecule has 1 aliphatic rings. The lowest BCUT2D eigenvalue weighted by Crippen LogP contribution is -2.51. The second-order valence-electron chi connectivity index (χ2n) is 5.22. The minimum absolute atomic E-state index is 0. The molecule has 0 amide bonds. The molecule has 5 nitrogen and oxygen atoms in total. The van der Waals surface area contributed by atoms with E-state index in [1.54, 1.807) is 11.3 Å². The highest BCUT2D eigenvalue weighted by Gasteiger charge is 2.33. The maximum atomic E-state index is 5.25. The molecule has 0 bridgehead atoms. The molecule has 0 atom stereocenters. The zero-order valence-corrected chi connectivity index (χ0v) is 15.4. The van der Waals surface area contributed by atoms with Gasteiger partial charge in [-0.05, 0) is 13.8 Å². The van der Waals surface area contributed by atoms with Crippen molar-refractivity contribution in [2.75, 3.05) is 26.3 Å². The molecule has 2 N–H and O–H groups in total. The van der Waals surface area contributed by atoms with Gasteiger partial charge in [0, 0.05) is 29.6 Å². The maximum Gasteiger partial charge on any atom is 0.191 e. The fourth-order valence-electron chi connectivity index (χ4n) is 1.81. The minimum atomic E-state index is 0. The molecule has 1 fully saturated rings. The molecular weight excluding hydrogens is 387 g/mol. The fourth-order valence-corrected chi connectivity index (χ4v) is 2.52. The Balaban J connectivity index is 0.00000200. The number of thiazole rings is 1. The molecule has 1 aromatic heterocycles.